The molecule has 6 nitrogen and oxygen atoms in total. The molecule has 0 radical (unpaired) electrons. The fourth-order valence-electron chi connectivity index (χ4n) is 3.41. The number of pyridine rings is 1. The molecule has 4 rings (SSSR count). The van der Waals surface area contributed by atoms with Crippen molar-refractivity contribution in [3.63, 3.8) is 0 Å². The second-order valence-electron chi connectivity index (χ2n) is 6.56. The van der Waals surface area contributed by atoms with Gasteiger partial charge in [-0.05, 0) is 43.4 Å². The summed E-state index contributed by atoms with van der Waals surface area (Å²) >= 11 is 0. The average Bonchev–Trinajstić information content (AvgIpc) is 3.24. The number of fused-ring (bicyclic) bond motifs is 1. The summed E-state index contributed by atoms with van der Waals surface area (Å²) in [6.07, 6.45) is 9.48. The van der Waals surface area contributed by atoms with E-state index in [-0.39, 0.29) is 5.91 Å². The van der Waals surface area contributed by atoms with Crippen LogP contribution in [0.3, 0.4) is 0 Å². The lowest BCUT2D eigenvalue weighted by Crippen LogP contribution is -2.39. The fraction of sp³-hybridized carbons (Fsp3) is 0.389. The van der Waals surface area contributed by atoms with Crippen molar-refractivity contribution >= 4 is 11.4 Å². The lowest BCUT2D eigenvalue weighted by molar-refractivity contribution is 0.0683. The Balaban J connectivity index is 1.44. The first kappa shape index (κ1) is 14.9. The molecule has 124 valence electrons. The molecule has 0 aliphatic carbocycles. The van der Waals surface area contributed by atoms with Crippen LogP contribution in [0.4, 0.5) is 0 Å². The van der Waals surface area contributed by atoms with Gasteiger partial charge in [0.05, 0.1) is 17.3 Å². The monoisotopic (exact) mass is 323 g/mol. The van der Waals surface area contributed by atoms with Gasteiger partial charge in [0, 0.05) is 38.2 Å². The molecule has 0 spiro atoms. The standard InChI is InChI=1S/C18H21N5O/c1-14-3-4-17-16(11-20-23(17)12-14)18(24)21-9-5-15(6-10-21)13-22-8-2-7-19-22/h2-4,7-8,11-12,15H,5-6,9-10,13H2,1H3. The average molecular weight is 323 g/mol. The summed E-state index contributed by atoms with van der Waals surface area (Å²) < 4.78 is 3.77. The van der Waals surface area contributed by atoms with Crippen LogP contribution in [0.15, 0.2) is 43.0 Å². The molecule has 1 fully saturated rings. The minimum absolute atomic E-state index is 0.0893. The van der Waals surface area contributed by atoms with Crippen molar-refractivity contribution in [1.29, 1.82) is 0 Å². The van der Waals surface area contributed by atoms with Crippen molar-refractivity contribution in [1.82, 2.24) is 24.3 Å². The molecule has 0 bridgehead atoms. The normalized spacial score (nSPS) is 16.0. The van der Waals surface area contributed by atoms with Crippen LogP contribution in [0.5, 0.6) is 0 Å². The van der Waals surface area contributed by atoms with Crippen LogP contribution in [0.25, 0.3) is 5.52 Å². The van der Waals surface area contributed by atoms with Crippen molar-refractivity contribution in [3.05, 3.63) is 54.1 Å². The molecule has 0 saturated carbocycles. The maximum atomic E-state index is 12.8. The summed E-state index contributed by atoms with van der Waals surface area (Å²) in [6.45, 7) is 4.56. The van der Waals surface area contributed by atoms with E-state index >= 15 is 0 Å². The van der Waals surface area contributed by atoms with Crippen LogP contribution in [0, 0.1) is 12.8 Å². The van der Waals surface area contributed by atoms with Gasteiger partial charge in [-0.25, -0.2) is 4.52 Å². The van der Waals surface area contributed by atoms with Gasteiger partial charge in [-0.1, -0.05) is 6.07 Å². The minimum Gasteiger partial charge on any atom is -0.339 e. The molecule has 0 atom stereocenters. The Morgan fingerprint density at radius 1 is 1.25 bits per heavy atom. The number of amides is 1. The lowest BCUT2D eigenvalue weighted by atomic mass is 9.96. The molecule has 0 unspecified atom stereocenters. The molecule has 6 heteroatoms. The number of carbonyl (C=O) groups is 1. The van der Waals surface area contributed by atoms with E-state index < -0.39 is 0 Å². The molecule has 3 aromatic heterocycles. The molecular formula is C18H21N5O. The molecule has 24 heavy (non-hydrogen) atoms. The van der Waals surface area contributed by atoms with Crippen molar-refractivity contribution in [2.45, 2.75) is 26.3 Å². The predicted octanol–water partition coefficient (Wildman–Crippen LogP) is 2.39. The van der Waals surface area contributed by atoms with E-state index in [4.69, 9.17) is 0 Å². The van der Waals surface area contributed by atoms with Crippen molar-refractivity contribution in [2.75, 3.05) is 13.1 Å². The Hall–Kier alpha value is -2.63. The number of likely N-dealkylation sites (tertiary alicyclic amines) is 1. The lowest BCUT2D eigenvalue weighted by Gasteiger charge is -2.31. The minimum atomic E-state index is 0.0893. The number of rotatable bonds is 3. The summed E-state index contributed by atoms with van der Waals surface area (Å²) in [5, 5.41) is 8.59. The van der Waals surface area contributed by atoms with Crippen LogP contribution in [-0.2, 0) is 6.54 Å². The van der Waals surface area contributed by atoms with Crippen molar-refractivity contribution < 1.29 is 4.79 Å². The third-order valence-corrected chi connectivity index (χ3v) is 4.80. The number of nitrogens with zero attached hydrogens (tertiary/aromatic N) is 5. The topological polar surface area (TPSA) is 55.4 Å². The maximum Gasteiger partial charge on any atom is 0.257 e. The van der Waals surface area contributed by atoms with Crippen LogP contribution in [0.2, 0.25) is 0 Å². The van der Waals surface area contributed by atoms with Gasteiger partial charge in [0.15, 0.2) is 0 Å². The number of hydrogen-bond acceptors (Lipinski definition) is 3. The third kappa shape index (κ3) is 2.79. The van der Waals surface area contributed by atoms with E-state index in [0.29, 0.717) is 11.5 Å². The fourth-order valence-corrected chi connectivity index (χ4v) is 3.41. The zero-order valence-electron chi connectivity index (χ0n) is 13.8. The van der Waals surface area contributed by atoms with Crippen LogP contribution >= 0.6 is 0 Å². The third-order valence-electron chi connectivity index (χ3n) is 4.80. The number of aromatic nitrogens is 4. The second kappa shape index (κ2) is 6.11. The molecule has 1 aliphatic heterocycles. The molecule has 1 aliphatic rings. The van der Waals surface area contributed by atoms with Gasteiger partial charge in [0.2, 0.25) is 0 Å². The van der Waals surface area contributed by atoms with Gasteiger partial charge in [-0.15, -0.1) is 0 Å². The van der Waals surface area contributed by atoms with Gasteiger partial charge < -0.3 is 4.90 Å². The highest BCUT2D eigenvalue weighted by atomic mass is 16.2. The van der Waals surface area contributed by atoms with Gasteiger partial charge in [0.25, 0.3) is 5.91 Å². The molecule has 0 N–H and O–H groups in total. The quantitative estimate of drug-likeness (QED) is 0.744. The molecular weight excluding hydrogens is 302 g/mol. The second-order valence-corrected chi connectivity index (χ2v) is 6.56. The van der Waals surface area contributed by atoms with Crippen LogP contribution in [-0.4, -0.2) is 43.3 Å². The highest BCUT2D eigenvalue weighted by Gasteiger charge is 2.25. The summed E-state index contributed by atoms with van der Waals surface area (Å²) in [6, 6.07) is 5.94. The van der Waals surface area contributed by atoms with Crippen LogP contribution in [0.1, 0.15) is 28.8 Å². The van der Waals surface area contributed by atoms with E-state index in [9.17, 15) is 4.79 Å². The highest BCUT2D eigenvalue weighted by Crippen LogP contribution is 2.22. The van der Waals surface area contributed by atoms with Gasteiger partial charge in [-0.2, -0.15) is 10.2 Å². The van der Waals surface area contributed by atoms with E-state index in [0.717, 1.165) is 43.6 Å². The number of hydrogen-bond donors (Lipinski definition) is 0. The first-order valence-electron chi connectivity index (χ1n) is 8.41. The zero-order chi connectivity index (χ0) is 16.5. The number of aryl methyl sites for hydroxylation is 1. The number of carbonyl (C=O) groups excluding carboxylic acids is 1. The Kier molecular flexibility index (Phi) is 3.80. The Morgan fingerprint density at radius 3 is 2.83 bits per heavy atom. The molecule has 3 aromatic rings. The zero-order valence-corrected chi connectivity index (χ0v) is 13.8. The predicted molar refractivity (Wildman–Crippen MR) is 90.8 cm³/mol. The Labute approximate surface area is 140 Å². The largest absolute Gasteiger partial charge is 0.339 e. The van der Waals surface area contributed by atoms with Crippen LogP contribution < -0.4 is 0 Å². The van der Waals surface area contributed by atoms with E-state index in [2.05, 4.69) is 10.2 Å². The van der Waals surface area contributed by atoms with Crippen molar-refractivity contribution in [2.24, 2.45) is 5.92 Å². The smallest absolute Gasteiger partial charge is 0.257 e. The van der Waals surface area contributed by atoms with Gasteiger partial charge in [-0.3, -0.25) is 9.48 Å². The molecule has 1 saturated heterocycles. The summed E-state index contributed by atoms with van der Waals surface area (Å²) in [5.41, 5.74) is 2.70. The molecule has 4 heterocycles. The Bertz CT molecular complexity index is 844. The van der Waals surface area contributed by atoms with E-state index in [1.807, 2.05) is 53.3 Å². The first-order chi connectivity index (χ1) is 11.7. The van der Waals surface area contributed by atoms with Gasteiger partial charge in [0.1, 0.15) is 0 Å². The van der Waals surface area contributed by atoms with Gasteiger partial charge >= 0.3 is 0 Å². The van der Waals surface area contributed by atoms with Crippen molar-refractivity contribution in [3.8, 4) is 0 Å². The summed E-state index contributed by atoms with van der Waals surface area (Å²) in [5.74, 6) is 0.673. The van der Waals surface area contributed by atoms with E-state index in [1.165, 1.54) is 0 Å². The maximum absolute atomic E-state index is 12.8. The summed E-state index contributed by atoms with van der Waals surface area (Å²) in [4.78, 5) is 14.8. The molecule has 1 amide bonds. The number of piperidine rings is 1. The SMILES string of the molecule is Cc1ccc2c(C(=O)N3CCC(Cn4cccn4)CC3)cnn2c1. The Morgan fingerprint density at radius 2 is 2.08 bits per heavy atom. The highest BCUT2D eigenvalue weighted by molar-refractivity contribution is 6.00. The van der Waals surface area contributed by atoms with E-state index in [1.54, 1.807) is 10.7 Å². The first-order valence-corrected chi connectivity index (χ1v) is 8.41. The molecule has 0 aromatic carbocycles. The summed E-state index contributed by atoms with van der Waals surface area (Å²) in [7, 11) is 0.